The molecule has 2 heteroatoms. The number of benzene rings is 1. The normalized spacial score (nSPS) is 15.8. The molecule has 0 unspecified atom stereocenters. The van der Waals surface area contributed by atoms with Gasteiger partial charge in [0, 0.05) is 24.8 Å². The second-order valence-electron chi connectivity index (χ2n) is 6.43. The summed E-state index contributed by atoms with van der Waals surface area (Å²) < 4.78 is 0. The van der Waals surface area contributed by atoms with Crippen LogP contribution in [0.1, 0.15) is 44.7 Å². The molecule has 0 bridgehead atoms. The molecule has 100 valence electrons. The molecule has 1 aliphatic carbocycles. The molecular weight excluding hydrogens is 220 g/mol. The van der Waals surface area contributed by atoms with Crippen LogP contribution in [0.25, 0.3) is 0 Å². The number of nitrogens with one attached hydrogen (secondary N) is 2. The van der Waals surface area contributed by atoms with Crippen molar-refractivity contribution in [3.05, 3.63) is 29.3 Å². The van der Waals surface area contributed by atoms with Gasteiger partial charge in [0.05, 0.1) is 0 Å². The number of rotatable bonds is 5. The predicted molar refractivity (Wildman–Crippen MR) is 79.4 cm³/mol. The molecule has 0 aliphatic heterocycles. The molecule has 1 aliphatic rings. The van der Waals surface area contributed by atoms with E-state index < -0.39 is 0 Å². The van der Waals surface area contributed by atoms with Gasteiger partial charge in [-0.3, -0.25) is 0 Å². The van der Waals surface area contributed by atoms with E-state index >= 15 is 0 Å². The summed E-state index contributed by atoms with van der Waals surface area (Å²) in [5, 5.41) is 7.07. The Labute approximate surface area is 111 Å². The standard InChI is InChI=1S/C16H26N2/c1-12-5-6-13(16(2,3)4)11-15(12)18-10-9-17-14-7-8-14/h5-6,11,14,17-18H,7-10H2,1-4H3. The average Bonchev–Trinajstić information content (AvgIpc) is 3.09. The van der Waals surface area contributed by atoms with Gasteiger partial charge in [-0.15, -0.1) is 0 Å². The second kappa shape index (κ2) is 5.31. The van der Waals surface area contributed by atoms with Crippen molar-refractivity contribution in [3.8, 4) is 0 Å². The summed E-state index contributed by atoms with van der Waals surface area (Å²) in [6, 6.07) is 7.56. The maximum Gasteiger partial charge on any atom is 0.0373 e. The third-order valence-electron chi connectivity index (χ3n) is 3.55. The van der Waals surface area contributed by atoms with Gasteiger partial charge >= 0.3 is 0 Å². The predicted octanol–water partition coefficient (Wildman–Crippen LogP) is 3.46. The summed E-state index contributed by atoms with van der Waals surface area (Å²) in [7, 11) is 0. The molecule has 0 amide bonds. The highest BCUT2D eigenvalue weighted by atomic mass is 15.0. The van der Waals surface area contributed by atoms with E-state index in [1.807, 2.05) is 0 Å². The minimum atomic E-state index is 0.219. The van der Waals surface area contributed by atoms with Crippen LogP contribution in [0.5, 0.6) is 0 Å². The van der Waals surface area contributed by atoms with Crippen molar-refractivity contribution >= 4 is 5.69 Å². The lowest BCUT2D eigenvalue weighted by Crippen LogP contribution is -2.24. The Morgan fingerprint density at radius 2 is 1.89 bits per heavy atom. The summed E-state index contributed by atoms with van der Waals surface area (Å²) in [4.78, 5) is 0. The Hall–Kier alpha value is -1.02. The Morgan fingerprint density at radius 3 is 2.50 bits per heavy atom. The monoisotopic (exact) mass is 246 g/mol. The maximum absolute atomic E-state index is 3.55. The Bertz CT molecular complexity index is 400. The van der Waals surface area contributed by atoms with E-state index in [1.165, 1.54) is 29.7 Å². The Balaban J connectivity index is 1.92. The average molecular weight is 246 g/mol. The first-order valence-electron chi connectivity index (χ1n) is 7.05. The lowest BCUT2D eigenvalue weighted by Gasteiger charge is -2.21. The minimum absolute atomic E-state index is 0.219. The fourth-order valence-corrected chi connectivity index (χ4v) is 2.04. The summed E-state index contributed by atoms with van der Waals surface area (Å²) in [6.45, 7) is 11.0. The molecule has 1 aromatic carbocycles. The molecule has 2 N–H and O–H groups in total. The fraction of sp³-hybridized carbons (Fsp3) is 0.625. The molecule has 1 saturated carbocycles. The lowest BCUT2D eigenvalue weighted by atomic mass is 9.86. The van der Waals surface area contributed by atoms with Crippen molar-refractivity contribution in [2.45, 2.75) is 52.0 Å². The van der Waals surface area contributed by atoms with Crippen molar-refractivity contribution < 1.29 is 0 Å². The van der Waals surface area contributed by atoms with Crippen molar-refractivity contribution in [1.29, 1.82) is 0 Å². The minimum Gasteiger partial charge on any atom is -0.384 e. The summed E-state index contributed by atoms with van der Waals surface area (Å²) in [5.74, 6) is 0. The van der Waals surface area contributed by atoms with Crippen LogP contribution in [0.3, 0.4) is 0 Å². The zero-order valence-corrected chi connectivity index (χ0v) is 12.1. The molecule has 0 atom stereocenters. The Kier molecular flexibility index (Phi) is 3.96. The van der Waals surface area contributed by atoms with Gasteiger partial charge in [-0.05, 0) is 42.4 Å². The van der Waals surface area contributed by atoms with Crippen LogP contribution < -0.4 is 10.6 Å². The van der Waals surface area contributed by atoms with E-state index in [0.29, 0.717) is 0 Å². The van der Waals surface area contributed by atoms with Crippen molar-refractivity contribution in [2.75, 3.05) is 18.4 Å². The zero-order valence-electron chi connectivity index (χ0n) is 12.1. The highest BCUT2D eigenvalue weighted by Gasteiger charge is 2.19. The molecule has 0 radical (unpaired) electrons. The van der Waals surface area contributed by atoms with Crippen LogP contribution in [0.15, 0.2) is 18.2 Å². The quantitative estimate of drug-likeness (QED) is 0.778. The highest BCUT2D eigenvalue weighted by Crippen LogP contribution is 2.26. The number of hydrogen-bond acceptors (Lipinski definition) is 2. The van der Waals surface area contributed by atoms with Crippen LogP contribution >= 0.6 is 0 Å². The maximum atomic E-state index is 3.55. The van der Waals surface area contributed by atoms with Gasteiger partial charge in [0.1, 0.15) is 0 Å². The van der Waals surface area contributed by atoms with Gasteiger partial charge in [0.2, 0.25) is 0 Å². The van der Waals surface area contributed by atoms with Gasteiger partial charge < -0.3 is 10.6 Å². The third kappa shape index (κ3) is 3.74. The molecule has 2 nitrogen and oxygen atoms in total. The molecular formula is C16H26N2. The van der Waals surface area contributed by atoms with Gasteiger partial charge in [-0.2, -0.15) is 0 Å². The largest absolute Gasteiger partial charge is 0.384 e. The topological polar surface area (TPSA) is 24.1 Å². The molecule has 2 rings (SSSR count). The molecule has 1 aromatic rings. The summed E-state index contributed by atoms with van der Waals surface area (Å²) in [5.41, 5.74) is 4.22. The second-order valence-corrected chi connectivity index (χ2v) is 6.43. The van der Waals surface area contributed by atoms with Crippen LogP contribution in [-0.2, 0) is 5.41 Å². The van der Waals surface area contributed by atoms with E-state index in [-0.39, 0.29) is 5.41 Å². The van der Waals surface area contributed by atoms with Gasteiger partial charge in [0.25, 0.3) is 0 Å². The number of hydrogen-bond donors (Lipinski definition) is 2. The van der Waals surface area contributed by atoms with Crippen molar-refractivity contribution in [3.63, 3.8) is 0 Å². The van der Waals surface area contributed by atoms with Crippen LogP contribution in [0.4, 0.5) is 5.69 Å². The first-order valence-corrected chi connectivity index (χ1v) is 7.05. The van der Waals surface area contributed by atoms with Crippen LogP contribution in [0.2, 0.25) is 0 Å². The SMILES string of the molecule is Cc1ccc(C(C)(C)C)cc1NCCNC1CC1. The molecule has 1 fully saturated rings. The molecule has 0 saturated heterocycles. The fourth-order valence-electron chi connectivity index (χ4n) is 2.04. The van der Waals surface area contributed by atoms with Gasteiger partial charge in [-0.1, -0.05) is 32.9 Å². The van der Waals surface area contributed by atoms with Crippen LogP contribution in [-0.4, -0.2) is 19.1 Å². The van der Waals surface area contributed by atoms with E-state index in [1.54, 1.807) is 0 Å². The molecule has 18 heavy (non-hydrogen) atoms. The summed E-state index contributed by atoms with van der Waals surface area (Å²) in [6.07, 6.45) is 2.72. The van der Waals surface area contributed by atoms with Crippen molar-refractivity contribution in [1.82, 2.24) is 5.32 Å². The lowest BCUT2D eigenvalue weighted by molar-refractivity contribution is 0.590. The zero-order chi connectivity index (χ0) is 13.2. The molecule has 0 aromatic heterocycles. The smallest absolute Gasteiger partial charge is 0.0373 e. The van der Waals surface area contributed by atoms with E-state index in [4.69, 9.17) is 0 Å². The molecule has 0 heterocycles. The first-order chi connectivity index (χ1) is 8.47. The van der Waals surface area contributed by atoms with Crippen LogP contribution in [0, 0.1) is 6.92 Å². The van der Waals surface area contributed by atoms with E-state index in [2.05, 4.69) is 56.5 Å². The number of aryl methyl sites for hydroxylation is 1. The third-order valence-corrected chi connectivity index (χ3v) is 3.55. The van der Waals surface area contributed by atoms with E-state index in [9.17, 15) is 0 Å². The first kappa shape index (κ1) is 13.4. The highest BCUT2D eigenvalue weighted by molar-refractivity contribution is 5.53. The molecule has 0 spiro atoms. The Morgan fingerprint density at radius 1 is 1.17 bits per heavy atom. The van der Waals surface area contributed by atoms with Gasteiger partial charge in [-0.25, -0.2) is 0 Å². The number of anilines is 1. The van der Waals surface area contributed by atoms with Crippen molar-refractivity contribution in [2.24, 2.45) is 0 Å². The summed E-state index contributed by atoms with van der Waals surface area (Å²) >= 11 is 0. The van der Waals surface area contributed by atoms with Gasteiger partial charge in [0.15, 0.2) is 0 Å². The van der Waals surface area contributed by atoms with E-state index in [0.717, 1.165) is 19.1 Å².